The SMILES string of the molecule is COC(=O)c1ccc(C2C(=C(O)c3cccc(OC)c3)C(=O)C(=O)N2CCN2CCOCC2)cc1. The molecule has 1 atom stereocenters. The Bertz CT molecular complexity index is 1140. The maximum absolute atomic E-state index is 13.2. The molecule has 9 heteroatoms. The highest BCUT2D eigenvalue weighted by Crippen LogP contribution is 2.39. The summed E-state index contributed by atoms with van der Waals surface area (Å²) in [7, 11) is 2.80. The molecule has 4 rings (SSSR count). The summed E-state index contributed by atoms with van der Waals surface area (Å²) in [5.41, 5.74) is 1.31. The molecule has 184 valence electrons. The van der Waals surface area contributed by atoms with E-state index in [2.05, 4.69) is 4.90 Å². The lowest BCUT2D eigenvalue weighted by Crippen LogP contribution is -2.42. The van der Waals surface area contributed by atoms with Gasteiger partial charge in [0, 0.05) is 31.7 Å². The summed E-state index contributed by atoms with van der Waals surface area (Å²) in [5.74, 6) is -1.69. The molecular formula is C26H28N2O7. The maximum atomic E-state index is 13.2. The summed E-state index contributed by atoms with van der Waals surface area (Å²) in [6, 6.07) is 12.4. The molecule has 1 N–H and O–H groups in total. The number of carbonyl (C=O) groups is 3. The Labute approximate surface area is 203 Å². The van der Waals surface area contributed by atoms with E-state index in [9.17, 15) is 19.5 Å². The average Bonchev–Trinajstić information content (AvgIpc) is 3.16. The predicted octanol–water partition coefficient (Wildman–Crippen LogP) is 2.24. The number of likely N-dealkylation sites (tertiary alicyclic amines) is 1. The van der Waals surface area contributed by atoms with E-state index in [-0.39, 0.29) is 11.3 Å². The number of aliphatic hydroxyl groups excluding tert-OH is 1. The lowest BCUT2D eigenvalue weighted by Gasteiger charge is -2.31. The number of hydrogen-bond acceptors (Lipinski definition) is 8. The van der Waals surface area contributed by atoms with Gasteiger partial charge in [-0.05, 0) is 29.8 Å². The lowest BCUT2D eigenvalue weighted by molar-refractivity contribution is -0.140. The Balaban J connectivity index is 1.74. The van der Waals surface area contributed by atoms with E-state index < -0.39 is 23.7 Å². The van der Waals surface area contributed by atoms with Crippen molar-refractivity contribution in [1.29, 1.82) is 0 Å². The van der Waals surface area contributed by atoms with Gasteiger partial charge in [-0.2, -0.15) is 0 Å². The first kappa shape index (κ1) is 24.4. The summed E-state index contributed by atoms with van der Waals surface area (Å²) in [4.78, 5) is 41.9. The van der Waals surface area contributed by atoms with Crippen LogP contribution in [0.5, 0.6) is 5.75 Å². The van der Waals surface area contributed by atoms with Crippen molar-refractivity contribution in [2.75, 3.05) is 53.6 Å². The first-order valence-electron chi connectivity index (χ1n) is 11.4. The van der Waals surface area contributed by atoms with Crippen LogP contribution in [-0.2, 0) is 19.1 Å². The standard InChI is InChI=1S/C26H28N2O7/c1-33-20-5-3-4-19(16-20)23(29)21-22(17-6-8-18(9-7-17)26(32)34-2)28(25(31)24(21)30)11-10-27-12-14-35-15-13-27/h3-9,16,22,29H,10-15H2,1-2H3. The van der Waals surface area contributed by atoms with E-state index in [0.717, 1.165) is 13.1 Å². The van der Waals surface area contributed by atoms with Gasteiger partial charge in [0.1, 0.15) is 11.5 Å². The number of morpholine rings is 1. The monoisotopic (exact) mass is 480 g/mol. The normalized spacial score (nSPS) is 20.2. The molecule has 0 aromatic heterocycles. The van der Waals surface area contributed by atoms with Crippen LogP contribution in [0.4, 0.5) is 0 Å². The lowest BCUT2D eigenvalue weighted by atomic mass is 9.94. The molecule has 0 saturated carbocycles. The zero-order chi connectivity index (χ0) is 24.9. The van der Waals surface area contributed by atoms with E-state index in [1.807, 2.05) is 0 Å². The van der Waals surface area contributed by atoms with Crippen LogP contribution in [0.2, 0.25) is 0 Å². The van der Waals surface area contributed by atoms with Gasteiger partial charge in [-0.25, -0.2) is 4.79 Å². The minimum atomic E-state index is -0.811. The number of carbonyl (C=O) groups excluding carboxylic acids is 3. The second kappa shape index (κ2) is 10.7. The third-order valence-corrected chi connectivity index (χ3v) is 6.29. The fraction of sp³-hybridized carbons (Fsp3) is 0.346. The molecule has 35 heavy (non-hydrogen) atoms. The van der Waals surface area contributed by atoms with Crippen molar-refractivity contribution in [1.82, 2.24) is 9.80 Å². The minimum Gasteiger partial charge on any atom is -0.507 e. The summed E-state index contributed by atoms with van der Waals surface area (Å²) in [5, 5.41) is 11.2. The van der Waals surface area contributed by atoms with Crippen molar-refractivity contribution >= 4 is 23.4 Å². The fourth-order valence-electron chi connectivity index (χ4n) is 4.38. The molecule has 2 aliphatic rings. The topological polar surface area (TPSA) is 106 Å². The first-order valence-corrected chi connectivity index (χ1v) is 11.4. The highest BCUT2D eigenvalue weighted by molar-refractivity contribution is 6.46. The van der Waals surface area contributed by atoms with Gasteiger partial charge in [0.15, 0.2) is 0 Å². The molecule has 0 bridgehead atoms. The predicted molar refractivity (Wildman–Crippen MR) is 127 cm³/mol. The van der Waals surface area contributed by atoms with Gasteiger partial charge in [-0.3, -0.25) is 14.5 Å². The van der Waals surface area contributed by atoms with Crippen LogP contribution in [0.25, 0.3) is 5.76 Å². The molecule has 2 aromatic rings. The Kier molecular flexibility index (Phi) is 7.48. The molecular weight excluding hydrogens is 452 g/mol. The fourth-order valence-corrected chi connectivity index (χ4v) is 4.38. The van der Waals surface area contributed by atoms with E-state index in [4.69, 9.17) is 14.2 Å². The van der Waals surface area contributed by atoms with Gasteiger partial charge < -0.3 is 24.2 Å². The van der Waals surface area contributed by atoms with Gasteiger partial charge in [0.25, 0.3) is 11.7 Å². The Morgan fingerprint density at radius 3 is 2.40 bits per heavy atom. The third kappa shape index (κ3) is 5.06. The quantitative estimate of drug-likeness (QED) is 0.278. The van der Waals surface area contributed by atoms with Crippen LogP contribution in [0.3, 0.4) is 0 Å². The maximum Gasteiger partial charge on any atom is 0.337 e. The molecule has 0 aliphatic carbocycles. The first-order chi connectivity index (χ1) is 16.9. The summed E-state index contributed by atoms with van der Waals surface area (Å²) in [6.07, 6.45) is 0. The van der Waals surface area contributed by atoms with Crippen molar-refractivity contribution in [3.8, 4) is 5.75 Å². The van der Waals surface area contributed by atoms with Gasteiger partial charge in [-0.1, -0.05) is 24.3 Å². The van der Waals surface area contributed by atoms with Gasteiger partial charge in [0.05, 0.1) is 44.6 Å². The molecule has 1 unspecified atom stereocenters. The number of aliphatic hydroxyl groups is 1. The van der Waals surface area contributed by atoms with Crippen LogP contribution in [-0.4, -0.2) is 86.2 Å². The van der Waals surface area contributed by atoms with Gasteiger partial charge in [-0.15, -0.1) is 0 Å². The molecule has 0 radical (unpaired) electrons. The molecule has 2 aliphatic heterocycles. The van der Waals surface area contributed by atoms with E-state index in [1.54, 1.807) is 48.5 Å². The van der Waals surface area contributed by atoms with Crippen LogP contribution in [0.1, 0.15) is 27.5 Å². The van der Waals surface area contributed by atoms with Crippen molar-refractivity contribution in [2.45, 2.75) is 6.04 Å². The second-order valence-electron chi connectivity index (χ2n) is 8.29. The highest BCUT2D eigenvalue weighted by atomic mass is 16.5. The minimum absolute atomic E-state index is 0.00366. The molecule has 2 saturated heterocycles. The van der Waals surface area contributed by atoms with E-state index in [1.165, 1.54) is 19.1 Å². The number of amides is 1. The largest absolute Gasteiger partial charge is 0.507 e. The number of ether oxygens (including phenoxy) is 3. The summed E-state index contributed by atoms with van der Waals surface area (Å²) < 4.78 is 15.4. The third-order valence-electron chi connectivity index (χ3n) is 6.29. The number of methoxy groups -OCH3 is 2. The van der Waals surface area contributed by atoms with Gasteiger partial charge >= 0.3 is 5.97 Å². The van der Waals surface area contributed by atoms with E-state index >= 15 is 0 Å². The Morgan fingerprint density at radius 1 is 1.03 bits per heavy atom. The number of benzene rings is 2. The molecule has 2 aromatic carbocycles. The second-order valence-corrected chi connectivity index (χ2v) is 8.29. The number of nitrogens with zero attached hydrogens (tertiary/aromatic N) is 2. The summed E-state index contributed by atoms with van der Waals surface area (Å²) in [6.45, 7) is 3.58. The number of ketones is 1. The molecule has 9 nitrogen and oxygen atoms in total. The number of hydrogen-bond donors (Lipinski definition) is 1. The number of Topliss-reactive ketones (excluding diaryl/α,β-unsaturated/α-hetero) is 1. The highest BCUT2D eigenvalue weighted by Gasteiger charge is 2.46. The average molecular weight is 481 g/mol. The number of esters is 1. The molecule has 2 fully saturated rings. The molecule has 2 heterocycles. The Morgan fingerprint density at radius 2 is 1.74 bits per heavy atom. The van der Waals surface area contributed by atoms with Crippen molar-refractivity contribution in [3.63, 3.8) is 0 Å². The van der Waals surface area contributed by atoms with Gasteiger partial charge in [0.2, 0.25) is 0 Å². The van der Waals surface area contributed by atoms with Crippen LogP contribution >= 0.6 is 0 Å². The van der Waals surface area contributed by atoms with E-state index in [0.29, 0.717) is 48.7 Å². The van der Waals surface area contributed by atoms with Crippen molar-refractivity contribution in [3.05, 3.63) is 70.8 Å². The van der Waals surface area contributed by atoms with Crippen LogP contribution < -0.4 is 4.74 Å². The van der Waals surface area contributed by atoms with Crippen LogP contribution in [0, 0.1) is 0 Å². The smallest absolute Gasteiger partial charge is 0.337 e. The Hall–Kier alpha value is -3.69. The zero-order valence-electron chi connectivity index (χ0n) is 19.7. The number of rotatable bonds is 7. The van der Waals surface area contributed by atoms with Crippen molar-refractivity contribution < 1.29 is 33.7 Å². The molecule has 1 amide bonds. The van der Waals surface area contributed by atoms with Crippen molar-refractivity contribution in [2.24, 2.45) is 0 Å². The summed E-state index contributed by atoms with van der Waals surface area (Å²) >= 11 is 0. The zero-order valence-corrected chi connectivity index (χ0v) is 19.7. The molecule has 0 spiro atoms. The van der Waals surface area contributed by atoms with Crippen LogP contribution in [0.15, 0.2) is 54.1 Å².